The molecule has 0 atom stereocenters. The van der Waals surface area contributed by atoms with E-state index in [2.05, 4.69) is 128 Å². The van der Waals surface area contributed by atoms with Gasteiger partial charge in [0, 0.05) is 0 Å². The number of benzene rings is 4. The monoisotopic (exact) mass is 831 g/mol. The highest BCUT2D eigenvalue weighted by Crippen LogP contribution is 2.20. The molecular weight excluding hydrogens is 745 g/mol. The van der Waals surface area contributed by atoms with E-state index in [1.165, 1.54) is 151 Å². The zero-order valence-corrected chi connectivity index (χ0v) is 41.8. The van der Waals surface area contributed by atoms with Gasteiger partial charge < -0.3 is 4.12 Å². The molecule has 0 fully saturated rings. The molecule has 4 aromatic rings. The van der Waals surface area contributed by atoms with E-state index in [0.29, 0.717) is 0 Å². The van der Waals surface area contributed by atoms with Crippen LogP contribution in [0.1, 0.15) is 203 Å². The Labute approximate surface area is 368 Å². The Hall–Kier alpha value is -2.73. The molecule has 0 heterocycles. The first kappa shape index (κ1) is 48.9. The summed E-state index contributed by atoms with van der Waals surface area (Å²) < 4.78 is 8.44. The van der Waals surface area contributed by atoms with Crippen LogP contribution >= 0.6 is 0 Å². The summed E-state index contributed by atoms with van der Waals surface area (Å²) in [5.74, 6) is 0. The van der Waals surface area contributed by atoms with Crippen LogP contribution < -0.4 is 20.7 Å². The first-order valence-electron chi connectivity index (χ1n) is 25.1. The minimum absolute atomic E-state index is 1.14. The Balaban J connectivity index is 2.07. The van der Waals surface area contributed by atoms with Crippen LogP contribution in [0.4, 0.5) is 0 Å². The van der Waals surface area contributed by atoms with Crippen LogP contribution in [0.3, 0.4) is 0 Å². The molecule has 0 aliphatic carbocycles. The third kappa shape index (κ3) is 15.3. The van der Waals surface area contributed by atoms with Gasteiger partial charge in [0.25, 0.3) is 0 Å². The second-order valence-corrected chi connectivity index (χ2v) is 23.0. The molecule has 0 aromatic heterocycles. The van der Waals surface area contributed by atoms with Crippen LogP contribution in [0.25, 0.3) is 0 Å². The Bertz CT molecular complexity index is 1520. The van der Waals surface area contributed by atoms with Crippen molar-refractivity contribution in [2.45, 2.75) is 209 Å². The van der Waals surface area contributed by atoms with E-state index in [0.717, 1.165) is 25.7 Å². The summed E-state index contributed by atoms with van der Waals surface area (Å²) in [7, 11) is -4.41. The second-order valence-electron chi connectivity index (χ2n) is 17.9. The van der Waals surface area contributed by atoms with Gasteiger partial charge in [0.05, 0.1) is 0 Å². The van der Waals surface area contributed by atoms with Crippen molar-refractivity contribution in [3.05, 3.63) is 117 Å². The minimum atomic E-state index is -2.20. The number of rotatable bonds is 30. The van der Waals surface area contributed by atoms with Crippen molar-refractivity contribution in [3.8, 4) is 0 Å². The van der Waals surface area contributed by atoms with E-state index >= 15 is 0 Å². The van der Waals surface area contributed by atoms with Crippen molar-refractivity contribution < 1.29 is 4.12 Å². The van der Waals surface area contributed by atoms with Gasteiger partial charge in [-0.1, -0.05) is 180 Å². The van der Waals surface area contributed by atoms with Gasteiger partial charge in [0.1, 0.15) is 0 Å². The summed E-state index contributed by atoms with van der Waals surface area (Å²) in [6.45, 7) is 18.7. The lowest BCUT2D eigenvalue weighted by Crippen LogP contribution is -2.58. The SMILES string of the molecule is CCCCc1ccc([SiH](O[SiH](c2ccc(CCCC)cc2CCCC)c2ccc(CCCC)cc2CCCC)c2ccc(CCCC)cc2CCCC)c(CCCC)c1. The average molecular weight is 831 g/mol. The Kier molecular flexibility index (Phi) is 23.2. The molecule has 0 spiro atoms. The van der Waals surface area contributed by atoms with Crippen molar-refractivity contribution in [2.24, 2.45) is 0 Å². The second kappa shape index (κ2) is 28.0. The fourth-order valence-electron chi connectivity index (χ4n) is 8.90. The molecule has 4 aromatic carbocycles. The van der Waals surface area contributed by atoms with Gasteiger partial charge in [-0.15, -0.1) is 0 Å². The fraction of sp³-hybridized carbons (Fsp3) is 0.571. The third-order valence-electron chi connectivity index (χ3n) is 12.7. The van der Waals surface area contributed by atoms with Crippen LogP contribution in [0, 0.1) is 0 Å². The lowest BCUT2D eigenvalue weighted by atomic mass is 10.0. The van der Waals surface area contributed by atoms with Crippen LogP contribution in [-0.4, -0.2) is 18.1 Å². The van der Waals surface area contributed by atoms with Crippen molar-refractivity contribution in [2.75, 3.05) is 0 Å². The van der Waals surface area contributed by atoms with Gasteiger partial charge in [-0.05, 0) is 168 Å². The first-order chi connectivity index (χ1) is 28.9. The molecule has 0 aliphatic rings. The third-order valence-corrected chi connectivity index (χ3v) is 19.4. The lowest BCUT2D eigenvalue weighted by molar-refractivity contribution is 0.629. The standard InChI is InChI=1S/C56H86OSi2/c1-9-17-25-45-33-37-53(49(41-45)29-21-13-5)58(54-38-34-46(26-18-10-2)42-50(54)30-22-14-6)57-59(55-39-35-47(27-19-11-3)43-51(55)31-23-15-7)56-40-36-48(28-20-12-4)44-52(56)32-24-16-8/h33-44,58-59H,9-32H2,1-8H3. The molecule has 0 amide bonds. The molecule has 0 N–H and O–H groups in total. The molecule has 0 radical (unpaired) electrons. The molecule has 0 unspecified atom stereocenters. The quantitative estimate of drug-likeness (QED) is 0.0476. The number of hydrogen-bond donors (Lipinski definition) is 0. The zero-order valence-electron chi connectivity index (χ0n) is 39.5. The number of aryl methyl sites for hydroxylation is 8. The zero-order chi connectivity index (χ0) is 42.2. The van der Waals surface area contributed by atoms with E-state index in [1.807, 2.05) is 0 Å². The predicted octanol–water partition coefficient (Wildman–Crippen LogP) is 12.8. The molecule has 1 nitrogen and oxygen atoms in total. The topological polar surface area (TPSA) is 9.23 Å². The summed E-state index contributed by atoms with van der Waals surface area (Å²) in [6.07, 6.45) is 29.0. The molecule has 0 saturated carbocycles. The van der Waals surface area contributed by atoms with Crippen LogP contribution in [0.2, 0.25) is 0 Å². The predicted molar refractivity (Wildman–Crippen MR) is 269 cm³/mol. The molecule has 4 rings (SSSR count). The largest absolute Gasteiger partial charge is 0.446 e. The highest BCUT2D eigenvalue weighted by atomic mass is 28.4. The van der Waals surface area contributed by atoms with Gasteiger partial charge in [-0.2, -0.15) is 0 Å². The average Bonchev–Trinajstić information content (AvgIpc) is 3.27. The first-order valence-corrected chi connectivity index (χ1v) is 28.3. The maximum atomic E-state index is 8.44. The van der Waals surface area contributed by atoms with Crippen molar-refractivity contribution in [1.82, 2.24) is 0 Å². The number of unbranched alkanes of at least 4 members (excludes halogenated alkanes) is 8. The van der Waals surface area contributed by atoms with E-state index in [1.54, 1.807) is 43.0 Å². The molecule has 0 aliphatic heterocycles. The van der Waals surface area contributed by atoms with Gasteiger partial charge in [0.2, 0.25) is 18.1 Å². The Morgan fingerprint density at radius 3 is 0.695 bits per heavy atom. The summed E-state index contributed by atoms with van der Waals surface area (Å²) in [5, 5.41) is 6.22. The van der Waals surface area contributed by atoms with Gasteiger partial charge in [0.15, 0.2) is 0 Å². The van der Waals surface area contributed by atoms with E-state index < -0.39 is 18.1 Å². The van der Waals surface area contributed by atoms with Crippen LogP contribution in [-0.2, 0) is 55.5 Å². The fourth-order valence-corrected chi connectivity index (χ4v) is 16.4. The number of hydrogen-bond acceptors (Lipinski definition) is 1. The van der Waals surface area contributed by atoms with Crippen LogP contribution in [0.5, 0.6) is 0 Å². The van der Waals surface area contributed by atoms with Crippen molar-refractivity contribution in [1.29, 1.82) is 0 Å². The van der Waals surface area contributed by atoms with Crippen LogP contribution in [0.15, 0.2) is 72.8 Å². The lowest BCUT2D eigenvalue weighted by Gasteiger charge is -2.31. The highest BCUT2D eigenvalue weighted by Gasteiger charge is 2.32. The smallest absolute Gasteiger partial charge is 0.229 e. The van der Waals surface area contributed by atoms with E-state index in [-0.39, 0.29) is 0 Å². The summed E-state index contributed by atoms with van der Waals surface area (Å²) in [5.41, 5.74) is 12.3. The highest BCUT2D eigenvalue weighted by molar-refractivity contribution is 6.92. The Morgan fingerprint density at radius 2 is 0.492 bits per heavy atom. The molecular formula is C56H86OSi2. The summed E-state index contributed by atoms with van der Waals surface area (Å²) in [4.78, 5) is 0. The maximum absolute atomic E-state index is 8.44. The molecule has 0 saturated heterocycles. The van der Waals surface area contributed by atoms with E-state index in [4.69, 9.17) is 4.12 Å². The molecule has 324 valence electrons. The molecule has 3 heteroatoms. The van der Waals surface area contributed by atoms with E-state index in [9.17, 15) is 0 Å². The molecule has 0 bridgehead atoms. The normalized spacial score (nSPS) is 11.7. The van der Waals surface area contributed by atoms with Crippen molar-refractivity contribution in [3.63, 3.8) is 0 Å². The van der Waals surface area contributed by atoms with Gasteiger partial charge >= 0.3 is 0 Å². The van der Waals surface area contributed by atoms with Crippen molar-refractivity contribution >= 4 is 38.8 Å². The summed E-state index contributed by atoms with van der Waals surface area (Å²) in [6, 6.07) is 30.7. The van der Waals surface area contributed by atoms with Gasteiger partial charge in [-0.25, -0.2) is 0 Å². The van der Waals surface area contributed by atoms with Gasteiger partial charge in [-0.3, -0.25) is 0 Å². The molecule has 59 heavy (non-hydrogen) atoms. The maximum Gasteiger partial charge on any atom is 0.229 e. The summed E-state index contributed by atoms with van der Waals surface area (Å²) >= 11 is 0. The minimum Gasteiger partial charge on any atom is -0.446 e. The Morgan fingerprint density at radius 1 is 0.288 bits per heavy atom.